The average molecular weight is 522 g/mol. The number of aliphatic hydroxyl groups excluding tert-OH is 1. The molecular weight excluding hydrogens is 496 g/mol. The number of hydrogen-bond acceptors (Lipinski definition) is 9. The third kappa shape index (κ3) is 4.85. The molecule has 2 N–H and O–H groups in total. The van der Waals surface area contributed by atoms with E-state index >= 15 is 0 Å². The van der Waals surface area contributed by atoms with Crippen LogP contribution in [0, 0.1) is 11.6 Å². The van der Waals surface area contributed by atoms with E-state index in [9.17, 15) is 13.9 Å². The first-order valence-electron chi connectivity index (χ1n) is 11.8. The monoisotopic (exact) mass is 521 g/mol. The maximum atomic E-state index is 14.8. The summed E-state index contributed by atoms with van der Waals surface area (Å²) in [6, 6.07) is 9.64. The second-order valence-corrected chi connectivity index (χ2v) is 8.26. The second-order valence-electron chi connectivity index (χ2n) is 8.26. The smallest absolute Gasteiger partial charge is 0.183 e. The molecule has 0 atom stereocenters. The quantitative estimate of drug-likeness (QED) is 0.343. The molecular formula is C26H25F2N7O3. The van der Waals surface area contributed by atoms with Gasteiger partial charge in [0.15, 0.2) is 17.4 Å². The number of nitrogens with zero attached hydrogens (tertiary/aromatic N) is 6. The predicted octanol–water partition coefficient (Wildman–Crippen LogP) is 3.77. The Balaban J connectivity index is 1.54. The first-order valence-corrected chi connectivity index (χ1v) is 11.8. The zero-order valence-corrected chi connectivity index (χ0v) is 20.7. The number of halogens is 2. The first kappa shape index (κ1) is 25.1. The molecule has 1 aliphatic heterocycles. The molecule has 0 radical (unpaired) electrons. The number of fused-ring (bicyclic) bond motifs is 1. The van der Waals surface area contributed by atoms with Crippen molar-refractivity contribution in [1.82, 2.24) is 24.6 Å². The minimum Gasteiger partial charge on any atom is -0.494 e. The van der Waals surface area contributed by atoms with Crippen LogP contribution in [0.15, 0.2) is 59.5 Å². The van der Waals surface area contributed by atoms with E-state index in [1.165, 1.54) is 30.1 Å². The summed E-state index contributed by atoms with van der Waals surface area (Å²) < 4.78 is 41.8. The zero-order chi connectivity index (χ0) is 26.6. The molecule has 0 amide bonds. The Hall–Kier alpha value is -4.58. The highest BCUT2D eigenvalue weighted by Gasteiger charge is 2.21. The number of aliphatic imine (C=N–C) groups is 1. The Labute approximate surface area is 216 Å². The highest BCUT2D eigenvalue weighted by molar-refractivity contribution is 5.92. The van der Waals surface area contributed by atoms with Crippen molar-refractivity contribution in [2.24, 2.45) is 4.99 Å². The lowest BCUT2D eigenvalue weighted by Crippen LogP contribution is -2.31. The molecule has 0 aliphatic carbocycles. The van der Waals surface area contributed by atoms with Gasteiger partial charge in [-0.15, -0.1) is 0 Å². The van der Waals surface area contributed by atoms with Crippen LogP contribution in [-0.2, 0) is 6.54 Å². The van der Waals surface area contributed by atoms with Gasteiger partial charge in [-0.05, 0) is 19.1 Å². The van der Waals surface area contributed by atoms with Crippen LogP contribution in [0.4, 0.5) is 14.6 Å². The number of hydrogen-bond donors (Lipinski definition) is 2. The molecule has 0 saturated heterocycles. The number of methoxy groups -OCH3 is 1. The Morgan fingerprint density at radius 2 is 1.95 bits per heavy atom. The van der Waals surface area contributed by atoms with E-state index in [0.29, 0.717) is 40.6 Å². The lowest BCUT2D eigenvalue weighted by atomic mass is 10.1. The van der Waals surface area contributed by atoms with Crippen LogP contribution < -0.4 is 14.8 Å². The second kappa shape index (κ2) is 10.8. The van der Waals surface area contributed by atoms with Crippen molar-refractivity contribution in [2.75, 3.05) is 32.4 Å². The van der Waals surface area contributed by atoms with Crippen molar-refractivity contribution < 1.29 is 23.4 Å². The standard InChI is InChI=1S/C26H25F2N7O3/c1-3-38-16-10-19(27)18(20(28)11-16)13-35-21-7-5-4-6-17(21)24(33-35)26-30-12-22(37-2)25(32-26)31-23-8-9-29-14-34(23)15-36/h4-12,36H,3,13-15H2,1-2H3,(H,30,31,32). The molecule has 196 valence electrons. The van der Waals surface area contributed by atoms with Crippen LogP contribution >= 0.6 is 0 Å². The normalized spacial score (nSPS) is 13.1. The van der Waals surface area contributed by atoms with E-state index in [0.717, 1.165) is 0 Å². The van der Waals surface area contributed by atoms with Crippen LogP contribution in [0.5, 0.6) is 11.5 Å². The van der Waals surface area contributed by atoms with E-state index < -0.39 is 11.6 Å². The van der Waals surface area contributed by atoms with Gasteiger partial charge in [0, 0.05) is 29.3 Å². The number of ether oxygens (including phenoxy) is 2. The molecule has 12 heteroatoms. The molecule has 4 aromatic rings. The highest BCUT2D eigenvalue weighted by Crippen LogP contribution is 2.31. The van der Waals surface area contributed by atoms with Gasteiger partial charge >= 0.3 is 0 Å². The third-order valence-corrected chi connectivity index (χ3v) is 5.93. The summed E-state index contributed by atoms with van der Waals surface area (Å²) in [5.74, 6) is 0.248. The van der Waals surface area contributed by atoms with E-state index in [1.807, 2.05) is 24.3 Å². The summed E-state index contributed by atoms with van der Waals surface area (Å²) in [5, 5.41) is 18.2. The van der Waals surface area contributed by atoms with Crippen LogP contribution in [0.25, 0.3) is 22.4 Å². The fraction of sp³-hybridized carbons (Fsp3) is 0.231. The summed E-state index contributed by atoms with van der Waals surface area (Å²) in [6.07, 6.45) is 4.83. The number of nitrogens with one attached hydrogen (secondary N) is 1. The number of benzene rings is 2. The number of aliphatic hydroxyl groups is 1. The first-order chi connectivity index (χ1) is 18.5. The summed E-state index contributed by atoms with van der Waals surface area (Å²) in [6.45, 7) is 1.93. The highest BCUT2D eigenvalue weighted by atomic mass is 19.1. The molecule has 0 spiro atoms. The van der Waals surface area contributed by atoms with Gasteiger partial charge in [0.05, 0.1) is 32.0 Å². The molecule has 3 heterocycles. The molecule has 1 aliphatic rings. The molecule has 10 nitrogen and oxygen atoms in total. The van der Waals surface area contributed by atoms with Crippen molar-refractivity contribution >= 4 is 22.9 Å². The van der Waals surface area contributed by atoms with Crippen LogP contribution in [0.3, 0.4) is 0 Å². The number of para-hydroxylation sites is 1. The van der Waals surface area contributed by atoms with Crippen molar-refractivity contribution in [3.63, 3.8) is 0 Å². The van der Waals surface area contributed by atoms with E-state index in [-0.39, 0.29) is 37.1 Å². The minimum atomic E-state index is -0.723. The minimum absolute atomic E-state index is 0.128. The van der Waals surface area contributed by atoms with Gasteiger partial charge in [-0.3, -0.25) is 9.67 Å². The van der Waals surface area contributed by atoms with Crippen LogP contribution in [0.1, 0.15) is 12.5 Å². The fourth-order valence-corrected chi connectivity index (χ4v) is 4.08. The molecule has 0 saturated carbocycles. The van der Waals surface area contributed by atoms with Gasteiger partial charge in [0.1, 0.15) is 42.3 Å². The van der Waals surface area contributed by atoms with E-state index in [2.05, 4.69) is 25.4 Å². The topological polar surface area (TPSA) is 110 Å². The average Bonchev–Trinajstić information content (AvgIpc) is 3.29. The summed E-state index contributed by atoms with van der Waals surface area (Å²) in [5.41, 5.74) is 0.944. The summed E-state index contributed by atoms with van der Waals surface area (Å²) >= 11 is 0. The SMILES string of the molecule is CCOc1cc(F)c(Cn2nc(-c3ncc(OC)c(NC4=CC=NCN4CO)n3)c3ccccc32)c(F)c1. The molecule has 0 bridgehead atoms. The number of allylic oxidation sites excluding steroid dienone is 1. The third-order valence-electron chi connectivity index (χ3n) is 5.93. The lowest BCUT2D eigenvalue weighted by molar-refractivity contribution is 0.142. The van der Waals surface area contributed by atoms with Crippen molar-refractivity contribution in [2.45, 2.75) is 13.5 Å². The van der Waals surface area contributed by atoms with E-state index in [4.69, 9.17) is 9.47 Å². The predicted molar refractivity (Wildman–Crippen MR) is 138 cm³/mol. The molecule has 2 aromatic carbocycles. The maximum absolute atomic E-state index is 14.8. The number of rotatable bonds is 9. The Bertz CT molecular complexity index is 1510. The Kier molecular flexibility index (Phi) is 7.13. The largest absolute Gasteiger partial charge is 0.494 e. The molecule has 38 heavy (non-hydrogen) atoms. The van der Waals surface area contributed by atoms with Gasteiger partial charge in [-0.2, -0.15) is 5.10 Å². The maximum Gasteiger partial charge on any atom is 0.183 e. The van der Waals surface area contributed by atoms with E-state index in [1.54, 1.807) is 24.1 Å². The fourth-order valence-electron chi connectivity index (χ4n) is 4.08. The van der Waals surface area contributed by atoms with Crippen LogP contribution in [-0.4, -0.2) is 63.1 Å². The summed E-state index contributed by atoms with van der Waals surface area (Å²) in [7, 11) is 1.49. The van der Waals surface area contributed by atoms with Crippen LogP contribution in [0.2, 0.25) is 0 Å². The lowest BCUT2D eigenvalue weighted by Gasteiger charge is -2.26. The van der Waals surface area contributed by atoms with Crippen molar-refractivity contribution in [3.8, 4) is 23.0 Å². The molecule has 0 unspecified atom stereocenters. The van der Waals surface area contributed by atoms with Crippen molar-refractivity contribution in [1.29, 1.82) is 0 Å². The number of anilines is 1. The van der Waals surface area contributed by atoms with Gasteiger partial charge in [-0.25, -0.2) is 18.7 Å². The summed E-state index contributed by atoms with van der Waals surface area (Å²) in [4.78, 5) is 14.8. The zero-order valence-electron chi connectivity index (χ0n) is 20.7. The number of aromatic nitrogens is 4. The molecule has 2 aromatic heterocycles. The van der Waals surface area contributed by atoms with Gasteiger partial charge in [0.25, 0.3) is 0 Å². The van der Waals surface area contributed by atoms with Gasteiger partial charge in [-0.1, -0.05) is 18.2 Å². The molecule has 5 rings (SSSR count). The molecule has 0 fully saturated rings. The Morgan fingerprint density at radius 1 is 1.16 bits per heavy atom. The van der Waals surface area contributed by atoms with Gasteiger partial charge in [0.2, 0.25) is 0 Å². The Morgan fingerprint density at radius 3 is 2.68 bits per heavy atom. The van der Waals surface area contributed by atoms with Crippen molar-refractivity contribution in [3.05, 3.63) is 71.7 Å². The van der Waals surface area contributed by atoms with Gasteiger partial charge < -0.3 is 24.8 Å².